The second kappa shape index (κ2) is 5.44. The molecule has 0 radical (unpaired) electrons. The average molecular weight is 251 g/mol. The lowest BCUT2D eigenvalue weighted by Gasteiger charge is -2.18. The molecule has 1 amide bonds. The number of rotatable bonds is 6. The van der Waals surface area contributed by atoms with Crippen LogP contribution in [0.3, 0.4) is 0 Å². The first-order chi connectivity index (χ1) is 8.63. The van der Waals surface area contributed by atoms with Crippen molar-refractivity contribution < 1.29 is 9.53 Å². The van der Waals surface area contributed by atoms with E-state index in [0.29, 0.717) is 37.2 Å². The van der Waals surface area contributed by atoms with Crippen LogP contribution in [0.1, 0.15) is 36.3 Å². The molecule has 1 aromatic heterocycles. The standard InChI is InChI=1S/C13H21N3O2/c1-3-18-7-6-15(2)13(17)12-8-10(14)9-16(12)11-4-5-11/h8-9,11H,3-7,14H2,1-2H3. The second-order valence-corrected chi connectivity index (χ2v) is 4.72. The van der Waals surface area contributed by atoms with Gasteiger partial charge in [-0.25, -0.2) is 0 Å². The summed E-state index contributed by atoms with van der Waals surface area (Å²) in [5.74, 6) is 0.0123. The Morgan fingerprint density at radius 3 is 2.94 bits per heavy atom. The summed E-state index contributed by atoms with van der Waals surface area (Å²) in [7, 11) is 1.79. The quantitative estimate of drug-likeness (QED) is 0.780. The van der Waals surface area contributed by atoms with Gasteiger partial charge in [0, 0.05) is 32.4 Å². The Morgan fingerprint density at radius 2 is 2.33 bits per heavy atom. The van der Waals surface area contributed by atoms with E-state index in [1.54, 1.807) is 18.0 Å². The number of amides is 1. The van der Waals surface area contributed by atoms with Crippen LogP contribution >= 0.6 is 0 Å². The number of hydrogen-bond donors (Lipinski definition) is 1. The number of hydrogen-bond acceptors (Lipinski definition) is 3. The zero-order valence-electron chi connectivity index (χ0n) is 11.1. The Hall–Kier alpha value is -1.49. The molecule has 0 atom stereocenters. The second-order valence-electron chi connectivity index (χ2n) is 4.72. The molecule has 0 aromatic carbocycles. The summed E-state index contributed by atoms with van der Waals surface area (Å²) in [4.78, 5) is 14.0. The number of ether oxygens (including phenoxy) is 1. The third kappa shape index (κ3) is 2.85. The van der Waals surface area contributed by atoms with Crippen molar-refractivity contribution in [2.45, 2.75) is 25.8 Å². The Balaban J connectivity index is 2.03. The minimum atomic E-state index is 0.0123. The Morgan fingerprint density at radius 1 is 1.61 bits per heavy atom. The number of nitrogen functional groups attached to an aromatic ring is 1. The first kappa shape index (κ1) is 13.0. The van der Waals surface area contributed by atoms with Crippen molar-refractivity contribution in [2.75, 3.05) is 32.5 Å². The van der Waals surface area contributed by atoms with E-state index in [1.165, 1.54) is 0 Å². The van der Waals surface area contributed by atoms with Gasteiger partial charge in [0.25, 0.3) is 5.91 Å². The van der Waals surface area contributed by atoms with Crippen LogP contribution in [0.15, 0.2) is 12.3 Å². The minimum Gasteiger partial charge on any atom is -0.397 e. The summed E-state index contributed by atoms with van der Waals surface area (Å²) in [6.07, 6.45) is 4.13. The first-order valence-electron chi connectivity index (χ1n) is 6.44. The fraction of sp³-hybridized carbons (Fsp3) is 0.615. The molecule has 1 heterocycles. The summed E-state index contributed by atoms with van der Waals surface area (Å²) in [6.45, 7) is 3.79. The van der Waals surface area contributed by atoms with Crippen molar-refractivity contribution in [1.82, 2.24) is 9.47 Å². The topological polar surface area (TPSA) is 60.5 Å². The first-order valence-corrected chi connectivity index (χ1v) is 6.44. The van der Waals surface area contributed by atoms with Gasteiger partial charge in [-0.05, 0) is 25.8 Å². The molecule has 1 saturated carbocycles. The Labute approximate surface area is 108 Å². The molecule has 5 nitrogen and oxygen atoms in total. The van der Waals surface area contributed by atoms with E-state index in [2.05, 4.69) is 0 Å². The molecule has 2 rings (SSSR count). The predicted octanol–water partition coefficient (Wildman–Crippen LogP) is 1.51. The van der Waals surface area contributed by atoms with E-state index in [0.717, 1.165) is 12.8 Å². The zero-order valence-corrected chi connectivity index (χ0v) is 11.1. The normalized spacial score (nSPS) is 14.8. The number of nitrogens with two attached hydrogens (primary N) is 1. The van der Waals surface area contributed by atoms with Gasteiger partial charge in [0.05, 0.1) is 12.3 Å². The van der Waals surface area contributed by atoms with Crippen LogP contribution in [-0.4, -0.2) is 42.2 Å². The van der Waals surface area contributed by atoms with E-state index in [9.17, 15) is 4.79 Å². The van der Waals surface area contributed by atoms with Crippen molar-refractivity contribution in [3.63, 3.8) is 0 Å². The van der Waals surface area contributed by atoms with Gasteiger partial charge in [0.2, 0.25) is 0 Å². The number of aromatic nitrogens is 1. The van der Waals surface area contributed by atoms with E-state index in [-0.39, 0.29) is 5.91 Å². The van der Waals surface area contributed by atoms with Gasteiger partial charge < -0.3 is 19.9 Å². The highest BCUT2D eigenvalue weighted by Crippen LogP contribution is 2.37. The van der Waals surface area contributed by atoms with Crippen LogP contribution in [0.25, 0.3) is 0 Å². The smallest absolute Gasteiger partial charge is 0.270 e. The van der Waals surface area contributed by atoms with Crippen molar-refractivity contribution in [3.05, 3.63) is 18.0 Å². The van der Waals surface area contributed by atoms with Crippen molar-refractivity contribution in [1.29, 1.82) is 0 Å². The van der Waals surface area contributed by atoms with Crippen molar-refractivity contribution in [2.24, 2.45) is 0 Å². The van der Waals surface area contributed by atoms with Crippen molar-refractivity contribution in [3.8, 4) is 0 Å². The van der Waals surface area contributed by atoms with Crippen LogP contribution in [-0.2, 0) is 4.74 Å². The number of carbonyl (C=O) groups is 1. The lowest BCUT2D eigenvalue weighted by Crippen LogP contribution is -2.31. The van der Waals surface area contributed by atoms with Crippen LogP contribution < -0.4 is 5.73 Å². The number of nitrogens with zero attached hydrogens (tertiary/aromatic N) is 2. The van der Waals surface area contributed by atoms with Gasteiger partial charge in [-0.2, -0.15) is 0 Å². The van der Waals surface area contributed by atoms with Gasteiger partial charge in [-0.15, -0.1) is 0 Å². The molecule has 0 spiro atoms. The van der Waals surface area contributed by atoms with E-state index >= 15 is 0 Å². The summed E-state index contributed by atoms with van der Waals surface area (Å²) in [6, 6.07) is 2.22. The van der Waals surface area contributed by atoms with Gasteiger partial charge in [-0.3, -0.25) is 4.79 Å². The van der Waals surface area contributed by atoms with Crippen LogP contribution in [0, 0.1) is 0 Å². The third-order valence-electron chi connectivity index (χ3n) is 3.15. The fourth-order valence-electron chi connectivity index (χ4n) is 1.97. The lowest BCUT2D eigenvalue weighted by atomic mass is 10.3. The Kier molecular flexibility index (Phi) is 3.91. The highest BCUT2D eigenvalue weighted by molar-refractivity contribution is 5.93. The maximum Gasteiger partial charge on any atom is 0.270 e. The summed E-state index contributed by atoms with van der Waals surface area (Å²) >= 11 is 0. The third-order valence-corrected chi connectivity index (χ3v) is 3.15. The van der Waals surface area contributed by atoms with Crippen LogP contribution in [0.5, 0.6) is 0 Å². The van der Waals surface area contributed by atoms with Gasteiger partial charge in [-0.1, -0.05) is 0 Å². The molecule has 0 unspecified atom stereocenters. The van der Waals surface area contributed by atoms with E-state index in [4.69, 9.17) is 10.5 Å². The predicted molar refractivity (Wildman–Crippen MR) is 70.6 cm³/mol. The largest absolute Gasteiger partial charge is 0.397 e. The maximum absolute atomic E-state index is 12.3. The molecule has 5 heteroatoms. The average Bonchev–Trinajstić information content (AvgIpc) is 3.12. The van der Waals surface area contributed by atoms with Crippen LogP contribution in [0.4, 0.5) is 5.69 Å². The Bertz CT molecular complexity index is 424. The fourth-order valence-corrected chi connectivity index (χ4v) is 1.97. The van der Waals surface area contributed by atoms with Gasteiger partial charge in [0.1, 0.15) is 5.69 Å². The number of likely N-dealkylation sites (N-methyl/N-ethyl adjacent to an activating group) is 1. The van der Waals surface area contributed by atoms with E-state index in [1.807, 2.05) is 17.7 Å². The van der Waals surface area contributed by atoms with E-state index < -0.39 is 0 Å². The molecule has 18 heavy (non-hydrogen) atoms. The molecule has 1 aromatic rings. The highest BCUT2D eigenvalue weighted by Gasteiger charge is 2.28. The molecule has 1 aliphatic rings. The maximum atomic E-state index is 12.3. The molecule has 2 N–H and O–H groups in total. The SMILES string of the molecule is CCOCCN(C)C(=O)c1cc(N)cn1C1CC1. The van der Waals surface area contributed by atoms with Crippen LogP contribution in [0.2, 0.25) is 0 Å². The van der Waals surface area contributed by atoms with Crippen molar-refractivity contribution >= 4 is 11.6 Å². The molecule has 0 aliphatic heterocycles. The highest BCUT2D eigenvalue weighted by atomic mass is 16.5. The number of anilines is 1. The van der Waals surface area contributed by atoms with Gasteiger partial charge in [0.15, 0.2) is 0 Å². The van der Waals surface area contributed by atoms with Gasteiger partial charge >= 0.3 is 0 Å². The monoisotopic (exact) mass is 251 g/mol. The molecule has 100 valence electrons. The molecule has 1 fully saturated rings. The molecular formula is C13H21N3O2. The number of carbonyl (C=O) groups excluding carboxylic acids is 1. The summed E-state index contributed by atoms with van der Waals surface area (Å²) in [5, 5.41) is 0. The summed E-state index contributed by atoms with van der Waals surface area (Å²) in [5.41, 5.74) is 7.13. The molecule has 0 saturated heterocycles. The molecular weight excluding hydrogens is 230 g/mol. The molecule has 0 bridgehead atoms. The summed E-state index contributed by atoms with van der Waals surface area (Å²) < 4.78 is 7.27. The zero-order chi connectivity index (χ0) is 13.1. The lowest BCUT2D eigenvalue weighted by molar-refractivity contribution is 0.0700. The molecule has 1 aliphatic carbocycles. The minimum absolute atomic E-state index is 0.0123.